The Bertz CT molecular complexity index is 236. The standard InChI is InChI=1S/C6H10N2O2.CH2O3/c7-3-5(9)4-1-2-6(10)8-4;2-1(3)4/h4H,1-3,7H2,(H,8,10);(H2,2,3,4)/t4-;/m0./s1. The van der Waals surface area contributed by atoms with E-state index in [1.807, 2.05) is 0 Å². The molecule has 0 aromatic rings. The molecular formula is C7H12N2O5. The van der Waals surface area contributed by atoms with Crippen LogP contribution in [0, 0.1) is 0 Å². The number of hydrogen-bond acceptors (Lipinski definition) is 4. The smallest absolute Gasteiger partial charge is 0.450 e. The maximum Gasteiger partial charge on any atom is 0.503 e. The van der Waals surface area contributed by atoms with Gasteiger partial charge in [-0.05, 0) is 6.42 Å². The van der Waals surface area contributed by atoms with Crippen molar-refractivity contribution in [3.63, 3.8) is 0 Å². The van der Waals surface area contributed by atoms with Crippen molar-refractivity contribution in [2.75, 3.05) is 6.54 Å². The van der Waals surface area contributed by atoms with Gasteiger partial charge in [-0.25, -0.2) is 4.79 Å². The summed E-state index contributed by atoms with van der Waals surface area (Å²) in [6.45, 7) is 0.0188. The summed E-state index contributed by atoms with van der Waals surface area (Å²) in [4.78, 5) is 29.9. The third-order valence-electron chi connectivity index (χ3n) is 1.59. The van der Waals surface area contributed by atoms with Gasteiger partial charge in [0.1, 0.15) is 0 Å². The first-order valence-corrected chi connectivity index (χ1v) is 3.91. The van der Waals surface area contributed by atoms with Gasteiger partial charge in [0.2, 0.25) is 5.91 Å². The van der Waals surface area contributed by atoms with E-state index < -0.39 is 6.16 Å². The van der Waals surface area contributed by atoms with E-state index in [0.29, 0.717) is 12.8 Å². The quantitative estimate of drug-likeness (QED) is 0.457. The lowest BCUT2D eigenvalue weighted by atomic mass is 10.1. The summed E-state index contributed by atoms with van der Waals surface area (Å²) in [6.07, 6.45) is -0.773. The summed E-state index contributed by atoms with van der Waals surface area (Å²) < 4.78 is 0. The monoisotopic (exact) mass is 204 g/mol. The third-order valence-corrected chi connectivity index (χ3v) is 1.59. The predicted octanol–water partition coefficient (Wildman–Crippen LogP) is -0.985. The van der Waals surface area contributed by atoms with Crippen LogP contribution in [0.1, 0.15) is 12.8 Å². The largest absolute Gasteiger partial charge is 0.503 e. The Labute approximate surface area is 79.9 Å². The zero-order chi connectivity index (χ0) is 11.1. The Morgan fingerprint density at radius 3 is 2.29 bits per heavy atom. The molecule has 0 radical (unpaired) electrons. The molecule has 1 amide bonds. The Balaban J connectivity index is 0.000000364. The van der Waals surface area contributed by atoms with Crippen LogP contribution in [0.4, 0.5) is 4.79 Å². The molecule has 14 heavy (non-hydrogen) atoms. The van der Waals surface area contributed by atoms with Gasteiger partial charge in [-0.2, -0.15) is 0 Å². The number of Topliss-reactive ketones (excluding diaryl/α,β-unsaturated/α-hetero) is 1. The number of hydrogen-bond donors (Lipinski definition) is 4. The molecule has 1 saturated heterocycles. The summed E-state index contributed by atoms with van der Waals surface area (Å²) in [5.74, 6) is -0.127. The number of amides is 1. The van der Waals surface area contributed by atoms with E-state index in [1.165, 1.54) is 0 Å². The average Bonchev–Trinajstić information content (AvgIpc) is 2.49. The second-order valence-corrected chi connectivity index (χ2v) is 2.61. The lowest BCUT2D eigenvalue weighted by molar-refractivity contribution is -0.123. The van der Waals surface area contributed by atoms with Gasteiger partial charge in [-0.3, -0.25) is 9.59 Å². The van der Waals surface area contributed by atoms with E-state index >= 15 is 0 Å². The lowest BCUT2D eigenvalue weighted by Gasteiger charge is -2.04. The highest BCUT2D eigenvalue weighted by Gasteiger charge is 2.25. The molecule has 7 nitrogen and oxygen atoms in total. The molecule has 80 valence electrons. The van der Waals surface area contributed by atoms with Gasteiger partial charge in [0.25, 0.3) is 0 Å². The molecule has 0 aromatic heterocycles. The number of nitrogens with two attached hydrogens (primary N) is 1. The number of carbonyl (C=O) groups excluding carboxylic acids is 2. The second-order valence-electron chi connectivity index (χ2n) is 2.61. The van der Waals surface area contributed by atoms with Crippen molar-refractivity contribution in [3.8, 4) is 0 Å². The maximum absolute atomic E-state index is 10.8. The van der Waals surface area contributed by atoms with Crippen LogP contribution in [0.2, 0.25) is 0 Å². The highest BCUT2D eigenvalue weighted by Crippen LogP contribution is 2.06. The highest BCUT2D eigenvalue weighted by atomic mass is 16.6. The Hall–Kier alpha value is -1.63. The molecule has 0 bridgehead atoms. The minimum Gasteiger partial charge on any atom is -0.450 e. The van der Waals surface area contributed by atoms with Gasteiger partial charge in [-0.15, -0.1) is 0 Å². The summed E-state index contributed by atoms with van der Waals surface area (Å²) >= 11 is 0. The third kappa shape index (κ3) is 5.09. The van der Waals surface area contributed by atoms with Gasteiger partial charge >= 0.3 is 6.16 Å². The molecular weight excluding hydrogens is 192 g/mol. The number of rotatable bonds is 2. The first kappa shape index (κ1) is 12.4. The molecule has 7 heteroatoms. The SMILES string of the molecule is NCC(=O)[C@@H]1CCC(=O)N1.O=C(O)O. The summed E-state index contributed by atoms with van der Waals surface area (Å²) in [7, 11) is 0. The van der Waals surface area contributed by atoms with Crippen LogP contribution in [0.5, 0.6) is 0 Å². The fraction of sp³-hybridized carbons (Fsp3) is 0.571. The second kappa shape index (κ2) is 5.92. The molecule has 1 fully saturated rings. The molecule has 0 saturated carbocycles. The van der Waals surface area contributed by atoms with Crippen molar-refractivity contribution >= 4 is 17.8 Å². The van der Waals surface area contributed by atoms with Crippen LogP contribution < -0.4 is 11.1 Å². The van der Waals surface area contributed by atoms with Crippen LogP contribution in [0.25, 0.3) is 0 Å². The first-order chi connectivity index (χ1) is 6.47. The number of carbonyl (C=O) groups is 3. The minimum atomic E-state index is -1.83. The van der Waals surface area contributed by atoms with Crippen LogP contribution >= 0.6 is 0 Å². The fourth-order valence-corrected chi connectivity index (χ4v) is 0.998. The summed E-state index contributed by atoms with van der Waals surface area (Å²) in [5, 5.41) is 16.5. The van der Waals surface area contributed by atoms with Crippen molar-refractivity contribution < 1.29 is 24.6 Å². The van der Waals surface area contributed by atoms with Gasteiger partial charge < -0.3 is 21.3 Å². The van der Waals surface area contributed by atoms with Crippen LogP contribution in [0.15, 0.2) is 0 Å². The Morgan fingerprint density at radius 1 is 1.50 bits per heavy atom. The molecule has 1 heterocycles. The summed E-state index contributed by atoms with van der Waals surface area (Å²) in [5.41, 5.74) is 5.10. The van der Waals surface area contributed by atoms with Gasteiger partial charge in [0.05, 0.1) is 12.6 Å². The van der Waals surface area contributed by atoms with Crippen molar-refractivity contribution in [1.29, 1.82) is 0 Å². The zero-order valence-electron chi connectivity index (χ0n) is 7.40. The normalized spacial score (nSPS) is 19.2. The lowest BCUT2D eigenvalue weighted by Crippen LogP contribution is -2.36. The molecule has 1 rings (SSSR count). The van der Waals surface area contributed by atoms with E-state index in [-0.39, 0.29) is 24.3 Å². The molecule has 0 aliphatic carbocycles. The van der Waals surface area contributed by atoms with Crippen molar-refractivity contribution in [2.24, 2.45) is 5.73 Å². The molecule has 0 spiro atoms. The Kier molecular flexibility index (Phi) is 5.23. The molecule has 1 aliphatic heterocycles. The Morgan fingerprint density at radius 2 is 2.00 bits per heavy atom. The van der Waals surface area contributed by atoms with Crippen molar-refractivity contribution in [2.45, 2.75) is 18.9 Å². The number of ketones is 1. The van der Waals surface area contributed by atoms with E-state index in [2.05, 4.69) is 5.32 Å². The van der Waals surface area contributed by atoms with E-state index in [4.69, 9.17) is 20.7 Å². The van der Waals surface area contributed by atoms with E-state index in [1.54, 1.807) is 0 Å². The molecule has 1 aliphatic rings. The van der Waals surface area contributed by atoms with Crippen molar-refractivity contribution in [3.05, 3.63) is 0 Å². The number of carboxylic acid groups (broad SMARTS) is 2. The number of nitrogens with one attached hydrogen (secondary N) is 1. The van der Waals surface area contributed by atoms with Crippen LogP contribution in [-0.2, 0) is 9.59 Å². The summed E-state index contributed by atoms with van der Waals surface area (Å²) in [6, 6.07) is -0.308. The van der Waals surface area contributed by atoms with Crippen molar-refractivity contribution in [1.82, 2.24) is 5.32 Å². The topological polar surface area (TPSA) is 130 Å². The van der Waals surface area contributed by atoms with Gasteiger partial charge in [0.15, 0.2) is 5.78 Å². The molecule has 0 aromatic carbocycles. The molecule has 5 N–H and O–H groups in total. The minimum absolute atomic E-state index is 0.0188. The van der Waals surface area contributed by atoms with Gasteiger partial charge in [0, 0.05) is 6.42 Å². The van der Waals surface area contributed by atoms with Crippen LogP contribution in [0.3, 0.4) is 0 Å². The zero-order valence-corrected chi connectivity index (χ0v) is 7.40. The molecule has 0 unspecified atom stereocenters. The van der Waals surface area contributed by atoms with Gasteiger partial charge in [-0.1, -0.05) is 0 Å². The highest BCUT2D eigenvalue weighted by molar-refractivity contribution is 5.92. The van der Waals surface area contributed by atoms with E-state index in [9.17, 15) is 9.59 Å². The van der Waals surface area contributed by atoms with E-state index in [0.717, 1.165) is 0 Å². The predicted molar refractivity (Wildman–Crippen MR) is 45.9 cm³/mol. The average molecular weight is 204 g/mol. The fourth-order valence-electron chi connectivity index (χ4n) is 0.998. The molecule has 1 atom stereocenters. The maximum atomic E-state index is 10.8. The first-order valence-electron chi connectivity index (χ1n) is 3.91. The van der Waals surface area contributed by atoms with Crippen LogP contribution in [-0.4, -0.2) is 40.6 Å².